The maximum Gasteiger partial charge on any atom is 0.310 e. The number of aromatic nitrogens is 1. The Hall–Kier alpha value is -0.763. The first-order valence-corrected chi connectivity index (χ1v) is 18.6. The molecule has 1 aliphatic rings. The Kier molecular flexibility index (Phi) is 7.62. The molecule has 0 saturated heterocycles. The maximum atomic E-state index is 13.3. The first kappa shape index (κ1) is 31.8. The highest BCUT2D eigenvalue weighted by Crippen LogP contribution is 3.02. The highest BCUT2D eigenvalue weighted by Gasteiger charge is 2.65. The third-order valence-electron chi connectivity index (χ3n) is 7.73. The van der Waals surface area contributed by atoms with Crippen LogP contribution in [0.5, 0.6) is 0 Å². The van der Waals surface area contributed by atoms with Crippen LogP contribution in [0, 0.1) is 8.99 Å². The third kappa shape index (κ3) is 6.58. The van der Waals surface area contributed by atoms with Crippen LogP contribution >= 0.6 is 32.8 Å². The lowest BCUT2D eigenvalue weighted by atomic mass is 9.74. The monoisotopic (exact) mass is 691 g/mol. The van der Waals surface area contributed by atoms with Gasteiger partial charge in [0.25, 0.3) is 0 Å². The SMILES string of the molecule is CC(C)c1nc2c(c(I)c1[C@H](O)c1ccc(S(F)(F)(F)(F)F)cc1)[C@@H](O[Si](C)(C)C(C)(C)C)CC(C)(C)C2. The Morgan fingerprint density at radius 2 is 1.61 bits per heavy atom. The normalized spacial score (nSPS) is 21.0. The van der Waals surface area contributed by atoms with Gasteiger partial charge in [0.05, 0.1) is 11.8 Å². The Balaban J connectivity index is 2.20. The zero-order valence-electron chi connectivity index (χ0n) is 23.4. The zero-order chi connectivity index (χ0) is 29.3. The van der Waals surface area contributed by atoms with Crippen molar-refractivity contribution < 1.29 is 29.0 Å². The molecule has 0 amide bonds. The average molecular weight is 692 g/mol. The summed E-state index contributed by atoms with van der Waals surface area (Å²) in [5.74, 6) is -0.0905. The third-order valence-corrected chi connectivity index (χ3v) is 14.5. The van der Waals surface area contributed by atoms with E-state index in [-0.39, 0.29) is 28.0 Å². The van der Waals surface area contributed by atoms with E-state index in [1.54, 1.807) is 0 Å². The lowest BCUT2D eigenvalue weighted by Crippen LogP contribution is -2.44. The molecule has 0 fully saturated rings. The number of aliphatic hydroxyl groups excluding tert-OH is 1. The number of fused-ring (bicyclic) bond motifs is 1. The van der Waals surface area contributed by atoms with Crippen LogP contribution in [-0.2, 0) is 10.8 Å². The second-order valence-corrected chi connectivity index (χ2v) is 21.3. The molecule has 1 N–H and O–H groups in total. The number of aliphatic hydroxyl groups is 1. The lowest BCUT2D eigenvalue weighted by Gasteiger charge is -2.44. The van der Waals surface area contributed by atoms with Crippen molar-refractivity contribution in [1.82, 2.24) is 4.98 Å². The molecule has 3 nitrogen and oxygen atoms in total. The summed E-state index contributed by atoms with van der Waals surface area (Å²) in [6, 6.07) is 2.54. The van der Waals surface area contributed by atoms with Crippen LogP contribution in [0.25, 0.3) is 0 Å². The van der Waals surface area contributed by atoms with Gasteiger partial charge in [0.2, 0.25) is 0 Å². The number of hydrogen-bond donors (Lipinski definition) is 1. The molecule has 0 radical (unpaired) electrons. The number of benzene rings is 1. The van der Waals surface area contributed by atoms with Gasteiger partial charge in [-0.2, -0.15) is 0 Å². The maximum absolute atomic E-state index is 13.3. The van der Waals surface area contributed by atoms with E-state index in [2.05, 4.69) is 70.3 Å². The molecule has 216 valence electrons. The second kappa shape index (κ2) is 9.12. The molecule has 0 unspecified atom stereocenters. The van der Waals surface area contributed by atoms with E-state index >= 15 is 0 Å². The quantitative estimate of drug-likeness (QED) is 0.186. The van der Waals surface area contributed by atoms with Crippen molar-refractivity contribution in [1.29, 1.82) is 0 Å². The Morgan fingerprint density at radius 3 is 2.05 bits per heavy atom. The van der Waals surface area contributed by atoms with E-state index in [0.717, 1.165) is 39.8 Å². The fraction of sp³-hybridized carbons (Fsp3) is 0.593. The van der Waals surface area contributed by atoms with E-state index in [0.29, 0.717) is 23.4 Å². The lowest BCUT2D eigenvalue weighted by molar-refractivity contribution is 0.104. The van der Waals surface area contributed by atoms with Gasteiger partial charge in [0.1, 0.15) is 11.0 Å². The van der Waals surface area contributed by atoms with Gasteiger partial charge in [-0.15, -0.1) is 0 Å². The van der Waals surface area contributed by atoms with Crippen molar-refractivity contribution in [2.75, 3.05) is 0 Å². The van der Waals surface area contributed by atoms with Gasteiger partial charge in [-0.3, -0.25) is 4.98 Å². The molecule has 2 aromatic rings. The summed E-state index contributed by atoms with van der Waals surface area (Å²) < 4.78 is 74.0. The van der Waals surface area contributed by atoms with E-state index < -0.39 is 29.5 Å². The van der Waals surface area contributed by atoms with E-state index in [1.165, 1.54) is 0 Å². The molecule has 0 aliphatic heterocycles. The summed E-state index contributed by atoms with van der Waals surface area (Å²) in [6.45, 7) is 19.1. The summed E-state index contributed by atoms with van der Waals surface area (Å²) in [5, 5.41) is 11.4. The Bertz CT molecular complexity index is 1230. The second-order valence-electron chi connectivity index (χ2n) is 13.1. The molecule has 0 spiro atoms. The first-order chi connectivity index (χ1) is 16.7. The van der Waals surface area contributed by atoms with Crippen LogP contribution in [0.15, 0.2) is 29.2 Å². The average Bonchev–Trinajstić information content (AvgIpc) is 2.69. The predicted molar refractivity (Wildman–Crippen MR) is 156 cm³/mol. The summed E-state index contributed by atoms with van der Waals surface area (Å²) >= 11 is 2.19. The Labute approximate surface area is 238 Å². The van der Waals surface area contributed by atoms with Crippen LogP contribution in [0.2, 0.25) is 18.1 Å². The molecule has 3 rings (SSSR count). The fourth-order valence-corrected chi connectivity index (χ4v) is 7.79. The van der Waals surface area contributed by atoms with Gasteiger partial charge in [-0.05, 0) is 82.6 Å². The van der Waals surface area contributed by atoms with Crippen molar-refractivity contribution in [2.24, 2.45) is 5.41 Å². The molecular weight excluding hydrogens is 652 g/mol. The minimum atomic E-state index is -9.82. The summed E-state index contributed by atoms with van der Waals surface area (Å²) in [7, 11) is -12.0. The summed E-state index contributed by atoms with van der Waals surface area (Å²) in [4.78, 5) is 3.04. The largest absolute Gasteiger partial charge is 0.410 e. The minimum Gasteiger partial charge on any atom is -0.410 e. The number of halogens is 6. The number of nitrogens with zero attached hydrogens (tertiary/aromatic N) is 1. The smallest absolute Gasteiger partial charge is 0.310 e. The predicted octanol–water partition coefficient (Wildman–Crippen LogP) is 10.6. The minimum absolute atomic E-state index is 0.0293. The van der Waals surface area contributed by atoms with Crippen molar-refractivity contribution in [3.05, 3.63) is 55.9 Å². The molecular formula is C27H39F5INO2SSi. The molecule has 1 aliphatic carbocycles. The molecule has 1 aromatic heterocycles. The molecule has 11 heteroatoms. The molecule has 1 heterocycles. The first-order valence-electron chi connectivity index (χ1n) is 12.7. The number of pyridine rings is 1. The van der Waals surface area contributed by atoms with Gasteiger partial charge in [-0.25, -0.2) is 0 Å². The van der Waals surface area contributed by atoms with Gasteiger partial charge in [0.15, 0.2) is 8.32 Å². The van der Waals surface area contributed by atoms with Crippen molar-refractivity contribution >= 4 is 41.1 Å². The van der Waals surface area contributed by atoms with Crippen molar-refractivity contribution in [3.8, 4) is 0 Å². The van der Waals surface area contributed by atoms with Crippen LogP contribution in [-0.4, -0.2) is 18.4 Å². The van der Waals surface area contributed by atoms with Crippen molar-refractivity contribution in [3.63, 3.8) is 0 Å². The molecule has 2 atom stereocenters. The summed E-state index contributed by atoms with van der Waals surface area (Å²) in [5.41, 5.74) is 2.98. The molecule has 0 saturated carbocycles. The molecule has 0 bridgehead atoms. The van der Waals surface area contributed by atoms with Crippen LogP contribution in [0.4, 0.5) is 19.4 Å². The standard InChI is InChI=1S/C27H39F5INO2SSi/c1-16(2)24-22(25(35)17-10-12-18(13-11-17)37(28,29,30,31)32)23(33)21-19(34-24)14-27(6,7)15-20(21)36-38(8,9)26(3,4)5/h10-13,16,20,25,35H,14-15H2,1-9H3/t20-,25+/m0/s1. The van der Waals surface area contributed by atoms with Gasteiger partial charge >= 0.3 is 10.2 Å². The highest BCUT2D eigenvalue weighted by atomic mass is 127. The molecule has 1 aromatic carbocycles. The Morgan fingerprint density at radius 1 is 1.08 bits per heavy atom. The topological polar surface area (TPSA) is 42.4 Å². The van der Waals surface area contributed by atoms with Crippen LogP contribution in [0.3, 0.4) is 0 Å². The fourth-order valence-electron chi connectivity index (χ4n) is 4.65. The van der Waals surface area contributed by atoms with Crippen LogP contribution < -0.4 is 0 Å². The van der Waals surface area contributed by atoms with E-state index in [4.69, 9.17) is 9.41 Å². The van der Waals surface area contributed by atoms with Crippen molar-refractivity contribution in [2.45, 2.75) is 102 Å². The number of hydrogen-bond acceptors (Lipinski definition) is 3. The van der Waals surface area contributed by atoms with Crippen LogP contribution in [0.1, 0.15) is 101 Å². The highest BCUT2D eigenvalue weighted by molar-refractivity contribution is 14.1. The van der Waals surface area contributed by atoms with Gasteiger partial charge in [0, 0.05) is 20.4 Å². The number of rotatable bonds is 6. The van der Waals surface area contributed by atoms with E-state index in [9.17, 15) is 24.5 Å². The van der Waals surface area contributed by atoms with E-state index in [1.807, 2.05) is 13.8 Å². The summed E-state index contributed by atoms with van der Waals surface area (Å²) in [6.07, 6.45) is -0.103. The van der Waals surface area contributed by atoms with Gasteiger partial charge in [-0.1, -0.05) is 80.0 Å². The van der Waals surface area contributed by atoms with Gasteiger partial charge < -0.3 is 9.53 Å². The zero-order valence-corrected chi connectivity index (χ0v) is 27.4. The molecule has 38 heavy (non-hydrogen) atoms.